The predicted molar refractivity (Wildman–Crippen MR) is 150 cm³/mol. The monoisotopic (exact) mass is 577 g/mol. The van der Waals surface area contributed by atoms with E-state index in [9.17, 15) is 18.4 Å². The summed E-state index contributed by atoms with van der Waals surface area (Å²) in [6, 6.07) is 15.0. The van der Waals surface area contributed by atoms with E-state index < -0.39 is 17.7 Å². The van der Waals surface area contributed by atoms with Gasteiger partial charge >= 0.3 is 6.03 Å². The van der Waals surface area contributed by atoms with E-state index in [1.807, 2.05) is 29.8 Å². The Bertz CT molecular complexity index is 1650. The lowest BCUT2D eigenvalue weighted by Gasteiger charge is -2.26. The molecule has 1 atom stereocenters. The van der Waals surface area contributed by atoms with Crippen molar-refractivity contribution in [2.24, 2.45) is 7.05 Å². The Labute approximate surface area is 240 Å². The fourth-order valence-corrected chi connectivity index (χ4v) is 5.59. The molecule has 0 bridgehead atoms. The van der Waals surface area contributed by atoms with E-state index in [1.54, 1.807) is 18.3 Å². The quantitative estimate of drug-likeness (QED) is 0.289. The molecular weight excluding hydrogens is 552 g/mol. The minimum Gasteiger partial charge on any atom is -0.453 e. The number of fused-ring (bicyclic) bond motifs is 1. The zero-order chi connectivity index (χ0) is 28.8. The molecule has 6 rings (SSSR count). The van der Waals surface area contributed by atoms with Crippen LogP contribution in [0.2, 0.25) is 5.02 Å². The molecule has 41 heavy (non-hydrogen) atoms. The van der Waals surface area contributed by atoms with Crippen molar-refractivity contribution in [1.29, 1.82) is 0 Å². The molecule has 2 aliphatic heterocycles. The summed E-state index contributed by atoms with van der Waals surface area (Å²) in [5.74, 6) is -0.375. The van der Waals surface area contributed by atoms with Gasteiger partial charge in [0.05, 0.1) is 11.2 Å². The van der Waals surface area contributed by atoms with Crippen LogP contribution in [0.15, 0.2) is 60.8 Å². The zero-order valence-electron chi connectivity index (χ0n) is 22.3. The Hall–Kier alpha value is -4.28. The summed E-state index contributed by atoms with van der Waals surface area (Å²) < 4.78 is 34.9. The normalized spacial score (nSPS) is 17.1. The molecular formula is C30H26ClF2N5O3. The summed E-state index contributed by atoms with van der Waals surface area (Å²) in [7, 11) is 1.86. The van der Waals surface area contributed by atoms with Gasteiger partial charge in [0, 0.05) is 50.8 Å². The lowest BCUT2D eigenvalue weighted by molar-refractivity contribution is -0.120. The molecule has 3 aromatic carbocycles. The van der Waals surface area contributed by atoms with E-state index in [0.29, 0.717) is 24.7 Å². The van der Waals surface area contributed by atoms with Crippen LogP contribution < -0.4 is 15.0 Å². The van der Waals surface area contributed by atoms with Crippen molar-refractivity contribution >= 4 is 29.4 Å². The van der Waals surface area contributed by atoms with Crippen LogP contribution in [0, 0.1) is 11.6 Å². The summed E-state index contributed by atoms with van der Waals surface area (Å²) in [4.78, 5) is 32.3. The van der Waals surface area contributed by atoms with Crippen LogP contribution >= 0.6 is 11.6 Å². The molecule has 0 radical (unpaired) electrons. The van der Waals surface area contributed by atoms with Gasteiger partial charge in [-0.15, -0.1) is 0 Å². The van der Waals surface area contributed by atoms with E-state index in [0.717, 1.165) is 35.6 Å². The highest BCUT2D eigenvalue weighted by molar-refractivity contribution is 6.32. The molecule has 4 aromatic rings. The fourth-order valence-electron chi connectivity index (χ4n) is 5.36. The van der Waals surface area contributed by atoms with Crippen LogP contribution in [0.4, 0.5) is 19.4 Å². The number of nitrogens with zero attached hydrogens (tertiary/aromatic N) is 4. The van der Waals surface area contributed by atoms with Gasteiger partial charge in [-0.1, -0.05) is 35.9 Å². The second kappa shape index (κ2) is 10.6. The first kappa shape index (κ1) is 26.9. The van der Waals surface area contributed by atoms with Crippen LogP contribution in [0.25, 0.3) is 11.4 Å². The molecule has 3 heterocycles. The van der Waals surface area contributed by atoms with E-state index in [4.69, 9.17) is 16.3 Å². The van der Waals surface area contributed by atoms with Gasteiger partial charge in [0.25, 0.3) is 0 Å². The number of amides is 3. The minimum atomic E-state index is -0.864. The molecule has 11 heteroatoms. The summed E-state index contributed by atoms with van der Waals surface area (Å²) in [6.07, 6.45) is 1.90. The second-order valence-electron chi connectivity index (χ2n) is 10.2. The third kappa shape index (κ3) is 5.16. The molecule has 210 valence electrons. The van der Waals surface area contributed by atoms with Crippen LogP contribution in [-0.2, 0) is 24.9 Å². The Balaban J connectivity index is 1.15. The number of nitrogens with one attached hydrogen (secondary N) is 1. The van der Waals surface area contributed by atoms with E-state index in [2.05, 4.69) is 34.3 Å². The number of imidazole rings is 1. The molecule has 1 fully saturated rings. The van der Waals surface area contributed by atoms with Crippen molar-refractivity contribution in [3.8, 4) is 22.9 Å². The van der Waals surface area contributed by atoms with Gasteiger partial charge in [0.2, 0.25) is 5.91 Å². The highest BCUT2D eigenvalue weighted by Crippen LogP contribution is 2.38. The van der Waals surface area contributed by atoms with Gasteiger partial charge < -0.3 is 9.30 Å². The average Bonchev–Trinajstić information content (AvgIpc) is 3.46. The molecule has 0 saturated carbocycles. The zero-order valence-corrected chi connectivity index (χ0v) is 23.1. The second-order valence-corrected chi connectivity index (χ2v) is 10.6. The number of imide groups is 1. The Morgan fingerprint density at radius 2 is 1.88 bits per heavy atom. The van der Waals surface area contributed by atoms with Gasteiger partial charge in [-0.05, 0) is 47.9 Å². The number of benzene rings is 3. The van der Waals surface area contributed by atoms with Crippen molar-refractivity contribution < 1.29 is 23.1 Å². The third-order valence-corrected chi connectivity index (χ3v) is 7.84. The first-order valence-electron chi connectivity index (χ1n) is 13.1. The third-order valence-electron chi connectivity index (χ3n) is 7.56. The molecule has 1 N–H and O–H groups in total. The summed E-state index contributed by atoms with van der Waals surface area (Å²) in [5, 5.41) is 2.22. The van der Waals surface area contributed by atoms with Gasteiger partial charge in [-0.2, -0.15) is 0 Å². The van der Waals surface area contributed by atoms with Gasteiger partial charge in [-0.25, -0.2) is 18.6 Å². The number of anilines is 1. The van der Waals surface area contributed by atoms with Crippen LogP contribution in [0.3, 0.4) is 0 Å². The predicted octanol–water partition coefficient (Wildman–Crippen LogP) is 6.33. The Morgan fingerprint density at radius 3 is 2.61 bits per heavy atom. The van der Waals surface area contributed by atoms with Gasteiger partial charge in [0.1, 0.15) is 23.2 Å². The SMILES string of the molecule is C[C@@H]1c2cc(-c3ncc(N4CCC(=O)NC4=O)n3C)ccc2CN1Cc1ccc(Oc2c(F)cc(F)cc2Cl)cc1. The number of hydrogen-bond acceptors (Lipinski definition) is 5. The lowest BCUT2D eigenvalue weighted by atomic mass is 10.0. The van der Waals surface area contributed by atoms with E-state index in [-0.39, 0.29) is 29.1 Å². The standard InChI is InChI=1S/C30H26ClF2N5O3/c1-17-23-11-19(29-34-14-27(36(29)2)38-10-9-26(39)35-30(38)40)5-6-20(23)16-37(17)15-18-3-7-22(8-4-18)41-28-24(31)12-21(32)13-25(28)33/h3-8,11-14,17H,9-10,15-16H2,1-2H3,(H,35,39,40)/t17-/m1/s1. The molecule has 1 aromatic heterocycles. The number of urea groups is 1. The molecule has 2 aliphatic rings. The van der Waals surface area contributed by atoms with Crippen LogP contribution in [0.5, 0.6) is 11.5 Å². The van der Waals surface area contributed by atoms with Crippen molar-refractivity contribution in [3.63, 3.8) is 0 Å². The number of aromatic nitrogens is 2. The minimum absolute atomic E-state index is 0.134. The number of halogens is 3. The first-order valence-corrected chi connectivity index (χ1v) is 13.5. The van der Waals surface area contributed by atoms with Crippen molar-refractivity contribution in [2.45, 2.75) is 32.5 Å². The van der Waals surface area contributed by atoms with Gasteiger partial charge in [-0.3, -0.25) is 19.9 Å². The van der Waals surface area contributed by atoms with Gasteiger partial charge in [0.15, 0.2) is 11.6 Å². The van der Waals surface area contributed by atoms with E-state index >= 15 is 0 Å². The van der Waals surface area contributed by atoms with Crippen molar-refractivity contribution in [1.82, 2.24) is 19.8 Å². The smallest absolute Gasteiger partial charge is 0.329 e. The van der Waals surface area contributed by atoms with Crippen molar-refractivity contribution in [2.75, 3.05) is 11.4 Å². The first-order chi connectivity index (χ1) is 19.7. The maximum Gasteiger partial charge on any atom is 0.329 e. The number of ether oxygens (including phenoxy) is 1. The fraction of sp³-hybridized carbons (Fsp3) is 0.233. The van der Waals surface area contributed by atoms with Crippen LogP contribution in [0.1, 0.15) is 36.1 Å². The number of carbonyl (C=O) groups is 2. The molecule has 8 nitrogen and oxygen atoms in total. The largest absolute Gasteiger partial charge is 0.453 e. The van der Waals surface area contributed by atoms with Crippen LogP contribution in [-0.4, -0.2) is 32.9 Å². The molecule has 0 aliphatic carbocycles. The number of hydrogen-bond donors (Lipinski definition) is 1. The Morgan fingerprint density at radius 1 is 1.10 bits per heavy atom. The highest BCUT2D eigenvalue weighted by Gasteiger charge is 2.29. The summed E-state index contributed by atoms with van der Waals surface area (Å²) >= 11 is 5.95. The van der Waals surface area contributed by atoms with Crippen molar-refractivity contribution in [3.05, 3.63) is 94.1 Å². The lowest BCUT2D eigenvalue weighted by Crippen LogP contribution is -2.50. The summed E-state index contributed by atoms with van der Waals surface area (Å²) in [5.41, 5.74) is 4.42. The molecule has 0 spiro atoms. The molecule has 1 saturated heterocycles. The topological polar surface area (TPSA) is 79.7 Å². The molecule has 3 amide bonds. The number of carbonyl (C=O) groups excluding carboxylic acids is 2. The van der Waals surface area contributed by atoms with E-state index in [1.165, 1.54) is 16.0 Å². The number of rotatable bonds is 6. The Kier molecular flexibility index (Phi) is 6.96. The maximum absolute atomic E-state index is 14.1. The average molecular weight is 578 g/mol. The highest BCUT2D eigenvalue weighted by atomic mass is 35.5. The molecule has 0 unspecified atom stereocenters. The maximum atomic E-state index is 14.1. The summed E-state index contributed by atoms with van der Waals surface area (Å²) in [6.45, 7) is 3.93.